The fraction of sp³-hybridized carbons (Fsp3) is 0.902. The van der Waals surface area contributed by atoms with Crippen LogP contribution in [0, 0.1) is 17.8 Å². The summed E-state index contributed by atoms with van der Waals surface area (Å²) >= 11 is 0. The Balaban J connectivity index is 2.19. The van der Waals surface area contributed by atoms with E-state index in [4.69, 9.17) is 33.2 Å². The smallest absolute Gasteiger partial charge is 0.311 e. The zero-order valence-electron chi connectivity index (χ0n) is 36.1. The fourth-order valence-corrected chi connectivity index (χ4v) is 8.88. The van der Waals surface area contributed by atoms with E-state index in [0.717, 1.165) is 0 Å². The number of hydrogen-bond acceptors (Lipinski definition) is 15. The highest BCUT2D eigenvalue weighted by atomic mass is 16.7. The van der Waals surface area contributed by atoms with E-state index in [1.807, 2.05) is 32.8 Å². The van der Waals surface area contributed by atoms with Crippen molar-refractivity contribution in [2.45, 2.75) is 192 Å². The summed E-state index contributed by atoms with van der Waals surface area (Å²) in [5, 5.41) is 50.6. The Hall–Kier alpha value is -1.76. The van der Waals surface area contributed by atoms with Gasteiger partial charge in [0.05, 0.1) is 48.0 Å². The molecule has 0 aromatic rings. The lowest BCUT2D eigenvalue weighted by molar-refractivity contribution is -0.318. The molecule has 326 valence electrons. The molecule has 0 bridgehead atoms. The number of ether oxygens (including phenoxy) is 7. The van der Waals surface area contributed by atoms with Gasteiger partial charge in [0.25, 0.3) is 0 Å². The molecule has 0 radical (unpaired) electrons. The van der Waals surface area contributed by atoms with Crippen molar-refractivity contribution in [3.8, 4) is 0 Å². The van der Waals surface area contributed by atoms with Gasteiger partial charge in [0.2, 0.25) is 0 Å². The van der Waals surface area contributed by atoms with Gasteiger partial charge in [-0.05, 0) is 94.3 Å². The number of cyclic esters (lactones) is 1. The highest BCUT2D eigenvalue weighted by molar-refractivity contribution is 5.73. The molecule has 3 aliphatic rings. The molecule has 18 atom stereocenters. The van der Waals surface area contributed by atoms with Gasteiger partial charge in [0.1, 0.15) is 30.0 Å². The summed E-state index contributed by atoms with van der Waals surface area (Å²) in [5.74, 6) is -3.37. The minimum atomic E-state index is -1.84. The SMILES string of the molecule is C=CCC(=O)O[C@@H]1[C@@H](C)NC[C@H](C)C[C@](C)(O)[C@H](O[C@@H]2O[C@H](C)C[C@H](N(C)C)[C@H]2O)[C@@H](C)[C@H](O[C@H]2C[C@@](C)(OC)[C@@H](O)[C@H](C)O2)[C@@H](C)C(=O)O[C@H](CC)[C@@]1(C)O. The van der Waals surface area contributed by atoms with Crippen molar-refractivity contribution in [1.82, 2.24) is 10.2 Å². The normalized spacial score (nSPS) is 46.3. The zero-order valence-corrected chi connectivity index (χ0v) is 36.1. The third-order valence-corrected chi connectivity index (χ3v) is 12.2. The summed E-state index contributed by atoms with van der Waals surface area (Å²) in [7, 11) is 5.25. The number of esters is 2. The molecule has 3 fully saturated rings. The van der Waals surface area contributed by atoms with Crippen molar-refractivity contribution >= 4 is 11.9 Å². The minimum absolute atomic E-state index is 0.0844. The van der Waals surface area contributed by atoms with Gasteiger partial charge in [0, 0.05) is 31.5 Å². The van der Waals surface area contributed by atoms with Crippen molar-refractivity contribution in [1.29, 1.82) is 0 Å². The number of nitrogens with zero attached hydrogens (tertiary/aromatic N) is 1. The van der Waals surface area contributed by atoms with Crippen LogP contribution in [-0.2, 0) is 42.7 Å². The van der Waals surface area contributed by atoms with E-state index < -0.39 is 102 Å². The van der Waals surface area contributed by atoms with Gasteiger partial charge in [-0.15, -0.1) is 6.58 Å². The molecule has 0 spiro atoms. The summed E-state index contributed by atoms with van der Waals surface area (Å²) in [6.45, 7) is 21.4. The topological polar surface area (TPSA) is 195 Å². The van der Waals surface area contributed by atoms with Gasteiger partial charge in [-0.1, -0.05) is 26.8 Å². The van der Waals surface area contributed by atoms with Gasteiger partial charge in [0.15, 0.2) is 12.6 Å². The van der Waals surface area contributed by atoms with Crippen LogP contribution in [0.5, 0.6) is 0 Å². The first kappa shape index (κ1) is 48.6. The molecular weight excluding hydrogens is 728 g/mol. The van der Waals surface area contributed by atoms with Crippen molar-refractivity contribution in [3.63, 3.8) is 0 Å². The molecule has 5 N–H and O–H groups in total. The van der Waals surface area contributed by atoms with Crippen LogP contribution < -0.4 is 5.32 Å². The lowest BCUT2D eigenvalue weighted by atomic mass is 9.77. The second-order valence-corrected chi connectivity index (χ2v) is 17.6. The number of rotatable bonds is 10. The van der Waals surface area contributed by atoms with Gasteiger partial charge in [-0.25, -0.2) is 0 Å². The Morgan fingerprint density at radius 3 is 2.23 bits per heavy atom. The van der Waals surface area contributed by atoms with Crippen molar-refractivity contribution in [2.24, 2.45) is 17.8 Å². The monoisotopic (exact) mass is 803 g/mol. The second-order valence-electron chi connectivity index (χ2n) is 17.6. The number of carbonyl (C=O) groups excluding carboxylic acids is 2. The van der Waals surface area contributed by atoms with Crippen LogP contribution in [-0.4, -0.2) is 155 Å². The summed E-state index contributed by atoms with van der Waals surface area (Å²) in [4.78, 5) is 29.2. The molecule has 0 unspecified atom stereocenters. The van der Waals surface area contributed by atoms with E-state index in [0.29, 0.717) is 13.0 Å². The van der Waals surface area contributed by atoms with Crippen LogP contribution in [0.4, 0.5) is 0 Å². The second kappa shape index (κ2) is 20.0. The first-order chi connectivity index (χ1) is 25.9. The zero-order chi connectivity index (χ0) is 42.5. The first-order valence-electron chi connectivity index (χ1n) is 20.3. The van der Waals surface area contributed by atoms with E-state index in [2.05, 4.69) is 11.9 Å². The molecule has 15 heteroatoms. The third-order valence-electron chi connectivity index (χ3n) is 12.2. The molecule has 3 saturated heterocycles. The predicted molar refractivity (Wildman–Crippen MR) is 208 cm³/mol. The average molecular weight is 803 g/mol. The molecule has 3 aliphatic heterocycles. The number of nitrogens with one attached hydrogen (secondary N) is 1. The van der Waals surface area contributed by atoms with Crippen LogP contribution >= 0.6 is 0 Å². The Morgan fingerprint density at radius 2 is 1.66 bits per heavy atom. The van der Waals surface area contributed by atoms with Crippen LogP contribution in [0.2, 0.25) is 0 Å². The maximum absolute atomic E-state index is 14.4. The fourth-order valence-electron chi connectivity index (χ4n) is 8.88. The molecule has 3 heterocycles. The summed E-state index contributed by atoms with van der Waals surface area (Å²) in [6.07, 6.45) is -7.14. The maximum atomic E-state index is 14.4. The van der Waals surface area contributed by atoms with E-state index >= 15 is 0 Å². The molecule has 0 aliphatic carbocycles. The number of aliphatic hydroxyl groups is 4. The van der Waals surface area contributed by atoms with Crippen LogP contribution in [0.1, 0.15) is 101 Å². The van der Waals surface area contributed by atoms with Gasteiger partial charge in [-0.2, -0.15) is 0 Å². The number of carbonyl (C=O) groups is 2. The van der Waals surface area contributed by atoms with E-state index in [1.165, 1.54) is 20.1 Å². The lowest BCUT2D eigenvalue weighted by Gasteiger charge is -2.48. The Morgan fingerprint density at radius 1 is 1.02 bits per heavy atom. The summed E-state index contributed by atoms with van der Waals surface area (Å²) in [5.41, 5.74) is -4.49. The van der Waals surface area contributed by atoms with E-state index in [9.17, 15) is 30.0 Å². The molecule has 0 aromatic carbocycles. The summed E-state index contributed by atoms with van der Waals surface area (Å²) < 4.78 is 43.6. The average Bonchev–Trinajstić information content (AvgIpc) is 3.11. The lowest BCUT2D eigenvalue weighted by Crippen LogP contribution is -2.60. The number of aliphatic hydroxyl groups excluding tert-OH is 2. The quantitative estimate of drug-likeness (QED) is 0.160. The highest BCUT2D eigenvalue weighted by Gasteiger charge is 2.53. The third kappa shape index (κ3) is 11.5. The molecule has 56 heavy (non-hydrogen) atoms. The highest BCUT2D eigenvalue weighted by Crippen LogP contribution is 2.40. The molecule has 0 aromatic heterocycles. The number of methoxy groups -OCH3 is 1. The van der Waals surface area contributed by atoms with Crippen LogP contribution in [0.25, 0.3) is 0 Å². The number of likely N-dealkylation sites (N-methyl/N-ethyl adjacent to an activating group) is 1. The first-order valence-corrected chi connectivity index (χ1v) is 20.3. The molecule has 0 amide bonds. The van der Waals surface area contributed by atoms with E-state index in [1.54, 1.807) is 48.5 Å². The van der Waals surface area contributed by atoms with Gasteiger partial charge < -0.3 is 63.8 Å². The molecule has 3 rings (SSSR count). The Labute approximate surface area is 334 Å². The Bertz CT molecular complexity index is 1280. The van der Waals surface area contributed by atoms with Crippen LogP contribution in [0.15, 0.2) is 12.7 Å². The summed E-state index contributed by atoms with van der Waals surface area (Å²) in [6, 6.07) is -0.908. The van der Waals surface area contributed by atoms with Crippen LogP contribution in [0.3, 0.4) is 0 Å². The minimum Gasteiger partial charge on any atom is -0.459 e. The Kier molecular flexibility index (Phi) is 17.4. The van der Waals surface area contributed by atoms with Gasteiger partial charge in [-0.3, -0.25) is 9.59 Å². The molecule has 0 saturated carbocycles. The largest absolute Gasteiger partial charge is 0.459 e. The maximum Gasteiger partial charge on any atom is 0.311 e. The van der Waals surface area contributed by atoms with E-state index in [-0.39, 0.29) is 43.7 Å². The number of hydrogen-bond donors (Lipinski definition) is 5. The molecular formula is C41H74N2O13. The van der Waals surface area contributed by atoms with Gasteiger partial charge >= 0.3 is 11.9 Å². The standard InChI is InChI=1S/C41H74N2O13/c1-15-17-30(44)54-36-26(7)42-21-22(3)19-39(9,48)35(56-38-32(45)28(43(12)13)18-23(4)51-38)24(5)33(25(6)37(47)53-29(16-2)41(36,11)49)55-31-20-40(10,50-14)34(46)27(8)52-31/h15,22-29,31-36,38,42,45-46,48-49H,1,16-21H2,2-14H3/t22-,23-,24+,25-,26-,27+,28+,29-,31+,32-,33+,34+,35-,36-,38+,39+,40-,41-/m1/s1. The van der Waals surface area contributed by atoms with Crippen molar-refractivity contribution in [2.75, 3.05) is 27.7 Å². The van der Waals surface area contributed by atoms with Crippen molar-refractivity contribution in [3.05, 3.63) is 12.7 Å². The molecule has 15 nitrogen and oxygen atoms in total. The predicted octanol–water partition coefficient (Wildman–Crippen LogP) is 2.69. The van der Waals surface area contributed by atoms with Crippen molar-refractivity contribution < 1.29 is 63.2 Å².